The number of rotatable bonds is 13. The SMILES string of the molecule is CCCCNC(=O)c1cc(N=Nc2snc3cc(C(ON)c4ccccc4SC(C#N)c4nc5ccccc5s4)ccc23)c2c(NC)cccc2c1O. The molecule has 7 aromatic rings. The highest BCUT2D eigenvalue weighted by Gasteiger charge is 2.24. The average Bonchev–Trinajstić information content (AvgIpc) is 3.81. The quantitative estimate of drug-likeness (QED) is 0.0387. The zero-order chi connectivity index (χ0) is 36.9. The van der Waals surface area contributed by atoms with Crippen molar-refractivity contribution in [1.29, 1.82) is 5.26 Å². The second kappa shape index (κ2) is 16.1. The van der Waals surface area contributed by atoms with Gasteiger partial charge in [0.25, 0.3) is 5.91 Å². The van der Waals surface area contributed by atoms with Crippen LogP contribution < -0.4 is 16.5 Å². The average molecular weight is 759 g/mol. The number of anilines is 1. The van der Waals surface area contributed by atoms with Crippen molar-refractivity contribution in [1.82, 2.24) is 14.7 Å². The second-order valence-electron chi connectivity index (χ2n) is 12.0. The number of fused-ring (bicyclic) bond motifs is 3. The number of carbonyl (C=O) groups is 1. The van der Waals surface area contributed by atoms with Crippen LogP contribution in [0.15, 0.2) is 106 Å². The van der Waals surface area contributed by atoms with Gasteiger partial charge in [-0.25, -0.2) is 10.9 Å². The first-order valence-electron chi connectivity index (χ1n) is 16.9. The summed E-state index contributed by atoms with van der Waals surface area (Å²) >= 11 is 4.11. The minimum absolute atomic E-state index is 0.114. The molecule has 5 N–H and O–H groups in total. The molecule has 2 aromatic heterocycles. The molecule has 0 saturated heterocycles. The van der Waals surface area contributed by atoms with Gasteiger partial charge in [-0.2, -0.15) is 9.64 Å². The van der Waals surface area contributed by atoms with Gasteiger partial charge in [-0.1, -0.05) is 73.6 Å². The number of nitrogens with one attached hydrogen (secondary N) is 2. The van der Waals surface area contributed by atoms with Crippen LogP contribution in [-0.4, -0.2) is 34.0 Å². The number of phenolic OH excluding ortho intramolecular Hbond substituents is 1. The zero-order valence-corrected chi connectivity index (χ0v) is 31.2. The number of benzene rings is 5. The lowest BCUT2D eigenvalue weighted by atomic mass is 10.0. The fourth-order valence-corrected chi connectivity index (χ4v) is 8.86. The molecule has 2 unspecified atom stereocenters. The van der Waals surface area contributed by atoms with E-state index in [2.05, 4.69) is 31.3 Å². The first-order valence-corrected chi connectivity index (χ1v) is 19.3. The Balaban J connectivity index is 1.19. The highest BCUT2D eigenvalue weighted by atomic mass is 32.2. The van der Waals surface area contributed by atoms with Gasteiger partial charge in [-0.3, -0.25) is 9.63 Å². The first-order chi connectivity index (χ1) is 25.9. The van der Waals surface area contributed by atoms with E-state index in [1.807, 2.05) is 85.8 Å². The molecule has 0 fully saturated rings. The van der Waals surface area contributed by atoms with Crippen molar-refractivity contribution >= 4 is 88.8 Å². The maximum atomic E-state index is 13.1. The zero-order valence-electron chi connectivity index (χ0n) is 28.7. The van der Waals surface area contributed by atoms with E-state index in [0.717, 1.165) is 55.2 Å². The molecular weight excluding hydrogens is 725 g/mol. The standard InChI is InChI=1S/C39H34N8O3S3/c1-3-4-18-43-37(49)26-20-30(34-25(35(26)48)11-9-13-28(34)42-2)45-46-38-23-17-16-22(19-29(23)47-53-38)36(50-41)24-10-5-7-14-31(24)51-33(21-40)39-44-27-12-6-8-15-32(27)52-39/h5-17,19-20,33,36,42,48H,3-4,18,41H2,1-2H3,(H,43,49). The molecule has 0 aliphatic heterocycles. The number of aromatic hydroxyl groups is 1. The summed E-state index contributed by atoms with van der Waals surface area (Å²) in [4.78, 5) is 24.3. The molecule has 0 saturated carbocycles. The highest BCUT2D eigenvalue weighted by Crippen LogP contribution is 2.44. The Hall–Kier alpha value is -5.43. The van der Waals surface area contributed by atoms with Gasteiger partial charge in [0.1, 0.15) is 22.1 Å². The molecule has 2 heterocycles. The van der Waals surface area contributed by atoms with Gasteiger partial charge in [0, 0.05) is 45.9 Å². The molecule has 0 spiro atoms. The molecule has 11 nitrogen and oxygen atoms in total. The van der Waals surface area contributed by atoms with E-state index in [1.54, 1.807) is 19.2 Å². The van der Waals surface area contributed by atoms with Crippen molar-refractivity contribution in [3.05, 3.63) is 113 Å². The van der Waals surface area contributed by atoms with Crippen LogP contribution in [0.25, 0.3) is 31.9 Å². The monoisotopic (exact) mass is 758 g/mol. The Morgan fingerprint density at radius 1 is 1.04 bits per heavy atom. The number of hydrogen-bond acceptors (Lipinski definition) is 13. The number of nitriles is 1. The smallest absolute Gasteiger partial charge is 0.255 e. The number of amides is 1. The number of azo groups is 1. The molecule has 0 aliphatic carbocycles. The summed E-state index contributed by atoms with van der Waals surface area (Å²) in [7, 11) is 1.78. The van der Waals surface area contributed by atoms with Gasteiger partial charge in [-0.15, -0.1) is 21.6 Å². The molecule has 0 radical (unpaired) electrons. The molecule has 14 heteroatoms. The largest absolute Gasteiger partial charge is 0.506 e. The minimum Gasteiger partial charge on any atom is -0.506 e. The molecule has 53 heavy (non-hydrogen) atoms. The van der Waals surface area contributed by atoms with Gasteiger partial charge in [-0.05, 0) is 66.0 Å². The minimum atomic E-state index is -0.644. The lowest BCUT2D eigenvalue weighted by Gasteiger charge is -2.19. The van der Waals surface area contributed by atoms with Crippen LogP contribution in [0, 0.1) is 11.3 Å². The van der Waals surface area contributed by atoms with Crippen molar-refractivity contribution in [3.63, 3.8) is 0 Å². The fourth-order valence-electron chi connectivity index (χ4n) is 6.06. The predicted molar refractivity (Wildman–Crippen MR) is 214 cm³/mol. The lowest BCUT2D eigenvalue weighted by molar-refractivity contribution is 0.0797. The Bertz CT molecular complexity index is 2490. The van der Waals surface area contributed by atoms with Crippen molar-refractivity contribution < 1.29 is 14.7 Å². The number of nitrogens with two attached hydrogens (primary N) is 1. The van der Waals surface area contributed by atoms with E-state index >= 15 is 0 Å². The number of thioether (sulfide) groups is 1. The third-order valence-corrected chi connectivity index (χ3v) is 11.9. The van der Waals surface area contributed by atoms with Crippen LogP contribution >= 0.6 is 34.6 Å². The first kappa shape index (κ1) is 36.0. The van der Waals surface area contributed by atoms with Crippen molar-refractivity contribution in [3.8, 4) is 11.8 Å². The van der Waals surface area contributed by atoms with Gasteiger partial charge >= 0.3 is 0 Å². The molecule has 2 atom stereocenters. The van der Waals surface area contributed by atoms with Crippen LogP contribution in [0.3, 0.4) is 0 Å². The fraction of sp³-hybridized carbons (Fsp3) is 0.179. The van der Waals surface area contributed by atoms with E-state index in [0.29, 0.717) is 33.5 Å². The van der Waals surface area contributed by atoms with Crippen LogP contribution in [0.1, 0.15) is 57.6 Å². The Morgan fingerprint density at radius 3 is 2.66 bits per heavy atom. The highest BCUT2D eigenvalue weighted by molar-refractivity contribution is 8.00. The van der Waals surface area contributed by atoms with E-state index < -0.39 is 11.4 Å². The molecule has 0 bridgehead atoms. The number of thiazole rings is 1. The van der Waals surface area contributed by atoms with Crippen LogP contribution in [0.2, 0.25) is 0 Å². The molecule has 266 valence electrons. The van der Waals surface area contributed by atoms with E-state index in [-0.39, 0.29) is 17.2 Å². The molecule has 1 amide bonds. The van der Waals surface area contributed by atoms with Crippen molar-refractivity contribution in [2.24, 2.45) is 16.1 Å². The van der Waals surface area contributed by atoms with E-state index in [4.69, 9.17) is 15.7 Å². The summed E-state index contributed by atoms with van der Waals surface area (Å²) in [6.07, 6.45) is 1.11. The Labute approximate surface area is 317 Å². The Morgan fingerprint density at radius 2 is 1.87 bits per heavy atom. The Kier molecular flexibility index (Phi) is 10.9. The number of unbranched alkanes of at least 4 members (excludes halogenated alkanes) is 1. The predicted octanol–water partition coefficient (Wildman–Crippen LogP) is 10.1. The third kappa shape index (κ3) is 7.30. The topological polar surface area (TPSA) is 171 Å². The van der Waals surface area contributed by atoms with Crippen LogP contribution in [-0.2, 0) is 4.84 Å². The van der Waals surface area contributed by atoms with Crippen molar-refractivity contribution in [2.45, 2.75) is 36.0 Å². The molecule has 0 aliphatic rings. The van der Waals surface area contributed by atoms with Crippen molar-refractivity contribution in [2.75, 3.05) is 18.9 Å². The number of carbonyl (C=O) groups excluding carboxylic acids is 1. The number of aromatic nitrogens is 2. The summed E-state index contributed by atoms with van der Waals surface area (Å²) in [6.45, 7) is 2.55. The summed E-state index contributed by atoms with van der Waals surface area (Å²) in [5.41, 5.74) is 4.42. The second-order valence-corrected chi connectivity index (χ2v) is 15.0. The summed E-state index contributed by atoms with van der Waals surface area (Å²) < 4.78 is 5.70. The number of hydrogen-bond donors (Lipinski definition) is 4. The maximum Gasteiger partial charge on any atom is 0.255 e. The van der Waals surface area contributed by atoms with E-state index in [1.165, 1.54) is 34.6 Å². The van der Waals surface area contributed by atoms with E-state index in [9.17, 15) is 15.2 Å². The van der Waals surface area contributed by atoms with Crippen LogP contribution in [0.4, 0.5) is 16.4 Å². The number of phenols is 1. The van der Waals surface area contributed by atoms with Gasteiger partial charge in [0.15, 0.2) is 5.00 Å². The summed E-state index contributed by atoms with van der Waals surface area (Å²) in [5, 5.41) is 39.2. The third-order valence-electron chi connectivity index (χ3n) is 8.71. The molecule has 7 rings (SSSR count). The summed E-state index contributed by atoms with van der Waals surface area (Å²) in [5.74, 6) is 5.46. The van der Waals surface area contributed by atoms with Gasteiger partial charge in [0.05, 0.1) is 33.1 Å². The van der Waals surface area contributed by atoms with Gasteiger partial charge in [0.2, 0.25) is 0 Å². The molecular formula is C39H34N8O3S3. The number of para-hydroxylation sites is 1. The maximum absolute atomic E-state index is 13.1. The molecule has 5 aromatic carbocycles. The normalized spacial score (nSPS) is 12.7. The van der Waals surface area contributed by atoms with Crippen LogP contribution in [0.5, 0.6) is 5.75 Å². The lowest BCUT2D eigenvalue weighted by Crippen LogP contribution is -2.24. The number of nitrogens with zero attached hydrogens (tertiary/aromatic N) is 5. The summed E-state index contributed by atoms with van der Waals surface area (Å²) in [6, 6.07) is 30.7. The van der Waals surface area contributed by atoms with Gasteiger partial charge < -0.3 is 15.7 Å².